The molecule has 0 bridgehead atoms. The zero-order chi connectivity index (χ0) is 26.4. The first-order chi connectivity index (χ1) is 14.5. The van der Waals surface area contributed by atoms with Crippen molar-refractivity contribution in [2.75, 3.05) is 0 Å². The minimum Gasteiger partial charge on any atom is -0.422 e. The van der Waals surface area contributed by atoms with Crippen LogP contribution in [0.1, 0.15) is 76.0 Å². The van der Waals surface area contributed by atoms with Gasteiger partial charge in [-0.05, 0) is 34.4 Å². The Bertz CT molecular complexity index is 1170. The summed E-state index contributed by atoms with van der Waals surface area (Å²) < 4.78 is 135. The molecule has 1 rings (SSSR count). The lowest BCUT2D eigenvalue weighted by Crippen LogP contribution is -2.42. The summed E-state index contributed by atoms with van der Waals surface area (Å²) in [6.07, 6.45) is 0. The molecular weight excluding hydrogens is 521 g/mol. The normalized spacial score (nSPS) is 14.4. The van der Waals surface area contributed by atoms with E-state index in [-0.39, 0.29) is 17.0 Å². The second-order valence-electron chi connectivity index (χ2n) is 7.96. The fraction of sp³-hybridized carbons (Fsp3) is 0.647. The number of hydrogen-bond donors (Lipinski definition) is 0. The van der Waals surface area contributed by atoms with Crippen LogP contribution in [0.5, 0.6) is 5.75 Å². The van der Waals surface area contributed by atoms with Gasteiger partial charge in [0.1, 0.15) is 5.75 Å². The Hall–Kier alpha value is -1.52. The van der Waals surface area contributed by atoms with E-state index < -0.39 is 57.8 Å². The van der Waals surface area contributed by atoms with Crippen LogP contribution in [0.3, 0.4) is 0 Å². The minimum atomic E-state index is -7.10. The van der Waals surface area contributed by atoms with Gasteiger partial charge in [-0.25, -0.2) is 16.8 Å². The van der Waals surface area contributed by atoms with Crippen molar-refractivity contribution in [1.29, 1.82) is 0 Å². The maximum absolute atomic E-state index is 14.4. The predicted molar refractivity (Wildman–Crippen MR) is 110 cm³/mol. The van der Waals surface area contributed by atoms with Crippen molar-refractivity contribution in [3.63, 3.8) is 0 Å². The number of sulfonamides is 2. The fourth-order valence-corrected chi connectivity index (χ4v) is 6.12. The van der Waals surface area contributed by atoms with Crippen molar-refractivity contribution < 1.29 is 51.4 Å². The lowest BCUT2D eigenvalue weighted by molar-refractivity contribution is -0.0425. The molecule has 8 nitrogen and oxygen atoms in total. The molecule has 1 aromatic carbocycles. The van der Waals surface area contributed by atoms with Crippen LogP contribution in [0.15, 0.2) is 12.1 Å². The molecule has 0 aliphatic carbocycles. The summed E-state index contributed by atoms with van der Waals surface area (Å²) in [7, 11) is -20.7. The molecule has 0 atom stereocenters. The molecule has 0 unspecified atom stereocenters. The molecular formula is C17H23F5NO7S3-. The molecule has 0 fully saturated rings. The Labute approximate surface area is 189 Å². The number of nitrogens with zero attached hydrogens (tertiary/aromatic N) is 1. The third-order valence-electron chi connectivity index (χ3n) is 4.35. The van der Waals surface area contributed by atoms with Gasteiger partial charge in [0.2, 0.25) is 0 Å². The summed E-state index contributed by atoms with van der Waals surface area (Å²) in [5.41, 5.74) is -5.44. The Morgan fingerprint density at radius 1 is 0.727 bits per heavy atom. The Morgan fingerprint density at radius 3 is 1.42 bits per heavy atom. The van der Waals surface area contributed by atoms with Gasteiger partial charge in [-0.3, -0.25) is 0 Å². The lowest BCUT2D eigenvalue weighted by atomic mass is 9.88. The molecule has 0 amide bonds. The molecule has 0 N–H and O–H groups in total. The van der Waals surface area contributed by atoms with E-state index in [0.29, 0.717) is 5.56 Å². The van der Waals surface area contributed by atoms with Gasteiger partial charge in [-0.15, -0.1) is 0 Å². The minimum absolute atomic E-state index is 0.0705. The highest BCUT2D eigenvalue weighted by Crippen LogP contribution is 2.43. The standard InChI is InChI=1S/C17H23F5NO7S3/c1-9(2)12-7-13(10(3)4)15(14(8-12)11(5)6)30-33(28,29)17(21,22)32(26,27)23-31(24,25)16(18,19)20/h7-11H,1-6H3/q-1. The van der Waals surface area contributed by atoms with E-state index in [2.05, 4.69) is 4.18 Å². The first kappa shape index (κ1) is 29.5. The maximum atomic E-state index is 14.4. The van der Waals surface area contributed by atoms with E-state index in [1.807, 2.05) is 13.8 Å². The van der Waals surface area contributed by atoms with E-state index in [0.717, 1.165) is 4.13 Å². The van der Waals surface area contributed by atoms with Crippen molar-refractivity contribution in [2.24, 2.45) is 0 Å². The van der Waals surface area contributed by atoms with E-state index in [9.17, 15) is 47.2 Å². The van der Waals surface area contributed by atoms with Crippen molar-refractivity contribution in [1.82, 2.24) is 0 Å². The second kappa shape index (κ2) is 9.26. The summed E-state index contributed by atoms with van der Waals surface area (Å²) in [6.45, 7) is 9.91. The van der Waals surface area contributed by atoms with E-state index in [1.165, 1.54) is 12.1 Å². The zero-order valence-electron chi connectivity index (χ0n) is 18.3. The van der Waals surface area contributed by atoms with Crippen LogP contribution in [0.25, 0.3) is 4.13 Å². The third-order valence-corrected chi connectivity index (χ3v) is 9.32. The van der Waals surface area contributed by atoms with Gasteiger partial charge >= 0.3 is 20.2 Å². The van der Waals surface area contributed by atoms with Gasteiger partial charge in [0.25, 0.3) is 0 Å². The first-order valence-corrected chi connectivity index (χ1v) is 13.6. The van der Waals surface area contributed by atoms with Crippen LogP contribution in [-0.4, -0.2) is 35.3 Å². The van der Waals surface area contributed by atoms with Gasteiger partial charge < -0.3 is 8.31 Å². The van der Waals surface area contributed by atoms with Crippen LogP contribution < -0.4 is 4.18 Å². The van der Waals surface area contributed by atoms with Crippen molar-refractivity contribution >= 4 is 30.2 Å². The van der Waals surface area contributed by atoms with Gasteiger partial charge in [0.15, 0.2) is 20.0 Å². The number of hydrogen-bond acceptors (Lipinski definition) is 7. The molecule has 0 spiro atoms. The lowest BCUT2D eigenvalue weighted by Gasteiger charge is -2.28. The number of alkyl halides is 5. The van der Waals surface area contributed by atoms with Crippen LogP contribution >= 0.6 is 0 Å². The van der Waals surface area contributed by atoms with Crippen LogP contribution in [0, 0.1) is 0 Å². The van der Waals surface area contributed by atoms with Crippen LogP contribution in [0.4, 0.5) is 22.0 Å². The highest BCUT2D eigenvalue weighted by atomic mass is 32.3. The monoisotopic (exact) mass is 544 g/mol. The van der Waals surface area contributed by atoms with Crippen molar-refractivity contribution in [2.45, 2.75) is 69.4 Å². The Kier molecular flexibility index (Phi) is 8.28. The van der Waals surface area contributed by atoms with Gasteiger partial charge in [0.05, 0.1) is 0 Å². The van der Waals surface area contributed by atoms with Crippen LogP contribution in [0.2, 0.25) is 0 Å². The van der Waals surface area contributed by atoms with E-state index in [1.54, 1.807) is 27.7 Å². The summed E-state index contributed by atoms with van der Waals surface area (Å²) in [5, 5.41) is 0. The van der Waals surface area contributed by atoms with Gasteiger partial charge in [-0.1, -0.05) is 53.7 Å². The molecule has 0 aliphatic heterocycles. The predicted octanol–water partition coefficient (Wildman–Crippen LogP) is 4.87. The van der Waals surface area contributed by atoms with Crippen molar-refractivity contribution in [3.05, 3.63) is 33.0 Å². The van der Waals surface area contributed by atoms with Crippen molar-refractivity contribution in [3.8, 4) is 5.75 Å². The smallest absolute Gasteiger partial charge is 0.422 e. The average molecular weight is 545 g/mol. The maximum Gasteiger partial charge on any atom is 0.480 e. The summed E-state index contributed by atoms with van der Waals surface area (Å²) in [5.74, 6) is -1.71. The number of benzene rings is 1. The second-order valence-corrected chi connectivity index (χ2v) is 13.3. The van der Waals surface area contributed by atoms with Crippen LogP contribution in [-0.2, 0) is 30.2 Å². The Morgan fingerprint density at radius 2 is 1.12 bits per heavy atom. The summed E-state index contributed by atoms with van der Waals surface area (Å²) in [6, 6.07) is 2.94. The summed E-state index contributed by atoms with van der Waals surface area (Å²) in [4.78, 5) is 0. The highest BCUT2D eigenvalue weighted by molar-refractivity contribution is 8.18. The molecule has 0 saturated heterocycles. The quantitative estimate of drug-likeness (QED) is 0.321. The SMILES string of the molecule is CC(C)c1cc(C(C)C)c(OS(=O)(=O)C(F)(F)S(=O)(=O)[N-]S(=O)(=O)C(F)(F)F)c(C(C)C)c1. The molecule has 0 heterocycles. The first-order valence-electron chi connectivity index (χ1n) is 9.28. The van der Waals surface area contributed by atoms with Gasteiger partial charge in [-0.2, -0.15) is 30.4 Å². The molecule has 192 valence electrons. The third kappa shape index (κ3) is 5.95. The van der Waals surface area contributed by atoms with Gasteiger partial charge in [0, 0.05) is 0 Å². The molecule has 0 saturated carbocycles. The summed E-state index contributed by atoms with van der Waals surface area (Å²) >= 11 is 0. The largest absolute Gasteiger partial charge is 0.480 e. The molecule has 16 heteroatoms. The fourth-order valence-electron chi connectivity index (χ4n) is 2.49. The Balaban J connectivity index is 3.70. The zero-order valence-corrected chi connectivity index (χ0v) is 20.8. The molecule has 33 heavy (non-hydrogen) atoms. The average Bonchev–Trinajstić information content (AvgIpc) is 2.58. The highest BCUT2D eigenvalue weighted by Gasteiger charge is 2.58. The topological polar surface area (TPSA) is 126 Å². The molecule has 0 radical (unpaired) electrons. The number of halogens is 5. The van der Waals surface area contributed by atoms with E-state index in [4.69, 9.17) is 0 Å². The van der Waals surface area contributed by atoms with E-state index >= 15 is 0 Å². The molecule has 0 aliphatic rings. The molecule has 0 aromatic heterocycles. The molecule has 1 aromatic rings. The number of rotatable bonds is 9.